The molecule has 3 aromatic rings. The lowest BCUT2D eigenvalue weighted by molar-refractivity contribution is -0.133. The van der Waals surface area contributed by atoms with Crippen molar-refractivity contribution in [1.82, 2.24) is 14.7 Å². The van der Waals surface area contributed by atoms with E-state index in [1.54, 1.807) is 4.90 Å². The number of hydrogen-bond acceptors (Lipinski definition) is 6. The van der Waals surface area contributed by atoms with Crippen molar-refractivity contribution in [2.75, 3.05) is 44.1 Å². The van der Waals surface area contributed by atoms with Crippen LogP contribution in [0.25, 0.3) is 0 Å². The summed E-state index contributed by atoms with van der Waals surface area (Å²) in [5.74, 6) is 0.400. The smallest absolute Gasteiger partial charge is 0.223 e. The highest BCUT2D eigenvalue weighted by molar-refractivity contribution is 5.76. The van der Waals surface area contributed by atoms with Gasteiger partial charge in [0, 0.05) is 83.9 Å². The van der Waals surface area contributed by atoms with Crippen molar-refractivity contribution in [3.8, 4) is 0 Å². The Morgan fingerprint density at radius 3 is 1.36 bits per heavy atom. The number of rotatable bonds is 6. The number of carbonyl (C=O) groups is 2. The summed E-state index contributed by atoms with van der Waals surface area (Å²) in [4.78, 5) is 31.9. The normalized spacial score (nSPS) is 14.6. The zero-order valence-corrected chi connectivity index (χ0v) is 26.0. The molecule has 2 amide bonds. The second-order valence-corrected chi connectivity index (χ2v) is 11.9. The molecule has 0 atom stereocenters. The van der Waals surface area contributed by atoms with Crippen LogP contribution in [0.2, 0.25) is 0 Å². The Hall–Kier alpha value is -4.04. The summed E-state index contributed by atoms with van der Waals surface area (Å²) in [6.45, 7) is 7.66. The number of fused-ring (bicyclic) bond motifs is 6. The van der Waals surface area contributed by atoms with Gasteiger partial charge in [-0.05, 0) is 82.7 Å². The van der Waals surface area contributed by atoms with Crippen LogP contribution < -0.4 is 16.0 Å². The summed E-state index contributed by atoms with van der Waals surface area (Å²) >= 11 is 0. The molecule has 8 nitrogen and oxygen atoms in total. The highest BCUT2D eigenvalue weighted by atomic mass is 16.2. The summed E-state index contributed by atoms with van der Waals surface area (Å²) in [5.41, 5.74) is 9.62. The van der Waals surface area contributed by atoms with Crippen LogP contribution in [-0.4, -0.2) is 55.2 Å². The molecule has 0 fully saturated rings. The number of anilines is 3. The number of nitrogens with one attached hydrogen (secondary N) is 3. The van der Waals surface area contributed by atoms with Crippen molar-refractivity contribution in [3.05, 3.63) is 88.0 Å². The third kappa shape index (κ3) is 8.49. The van der Waals surface area contributed by atoms with Crippen LogP contribution >= 0.6 is 0 Å². The van der Waals surface area contributed by atoms with E-state index >= 15 is 0 Å². The summed E-state index contributed by atoms with van der Waals surface area (Å²) in [5, 5.41) is 9.86. The first-order chi connectivity index (χ1) is 20.2. The van der Waals surface area contributed by atoms with Gasteiger partial charge in [0.1, 0.15) is 0 Å². The molecule has 0 saturated heterocycles. The van der Waals surface area contributed by atoms with E-state index in [0.717, 1.165) is 58.8 Å². The number of nitrogens with zero attached hydrogens (tertiary/aromatic N) is 3. The molecule has 3 aromatic carbocycles. The molecule has 1 heterocycles. The van der Waals surface area contributed by atoms with Gasteiger partial charge in [-0.3, -0.25) is 14.5 Å². The molecule has 42 heavy (non-hydrogen) atoms. The van der Waals surface area contributed by atoms with Gasteiger partial charge in [-0.1, -0.05) is 32.0 Å². The summed E-state index contributed by atoms with van der Waals surface area (Å²) < 4.78 is 0. The highest BCUT2D eigenvalue weighted by Gasteiger charge is 2.19. The fourth-order valence-corrected chi connectivity index (χ4v) is 5.70. The third-order valence-electron chi connectivity index (χ3n) is 7.53. The Bertz CT molecular complexity index is 1390. The van der Waals surface area contributed by atoms with Gasteiger partial charge in [0.05, 0.1) is 0 Å². The van der Waals surface area contributed by atoms with E-state index in [-0.39, 0.29) is 11.8 Å². The topological polar surface area (TPSA) is 80.0 Å². The van der Waals surface area contributed by atoms with Gasteiger partial charge in [0.2, 0.25) is 12.3 Å². The summed E-state index contributed by atoms with van der Waals surface area (Å²) in [6, 6.07) is 19.3. The minimum atomic E-state index is 0.137. The predicted octanol–water partition coefficient (Wildman–Crippen LogP) is 5.49. The van der Waals surface area contributed by atoms with Crippen molar-refractivity contribution in [3.63, 3.8) is 0 Å². The quantitative estimate of drug-likeness (QED) is 0.340. The Labute approximate surface area is 251 Å². The predicted molar refractivity (Wildman–Crippen MR) is 172 cm³/mol. The lowest BCUT2D eigenvalue weighted by Crippen LogP contribution is -2.31. The van der Waals surface area contributed by atoms with E-state index in [0.29, 0.717) is 32.6 Å². The Morgan fingerprint density at radius 1 is 0.667 bits per heavy atom. The molecule has 0 unspecified atom stereocenters. The van der Waals surface area contributed by atoms with Gasteiger partial charge in [-0.25, -0.2) is 0 Å². The van der Waals surface area contributed by atoms with Crippen LogP contribution in [0.15, 0.2) is 54.6 Å². The lowest BCUT2D eigenvalue weighted by atomic mass is 10.0. The first kappa shape index (κ1) is 30.9. The van der Waals surface area contributed by atoms with Crippen molar-refractivity contribution in [1.29, 1.82) is 0 Å². The third-order valence-corrected chi connectivity index (χ3v) is 7.53. The molecule has 0 aromatic heterocycles. The second-order valence-electron chi connectivity index (χ2n) is 11.9. The molecule has 6 bridgehead atoms. The minimum Gasteiger partial charge on any atom is -0.388 e. The molecule has 8 heteroatoms. The first-order valence-electron chi connectivity index (χ1n) is 14.8. The summed E-state index contributed by atoms with van der Waals surface area (Å²) in [7, 11) is 7.88. The molecule has 1 aliphatic heterocycles. The van der Waals surface area contributed by atoms with E-state index in [4.69, 9.17) is 0 Å². The van der Waals surface area contributed by atoms with E-state index < -0.39 is 0 Å². The fraction of sp³-hybridized carbons (Fsp3) is 0.412. The van der Waals surface area contributed by atoms with Gasteiger partial charge >= 0.3 is 0 Å². The highest BCUT2D eigenvalue weighted by Crippen LogP contribution is 2.25. The largest absolute Gasteiger partial charge is 0.388 e. The zero-order valence-electron chi connectivity index (χ0n) is 26.0. The SMILES string of the molecule is CNc1cc2cc(c1)CN(C=O)Cc1cc(cc(NC)c1)CN(C(=O)CC(C)C)Cc1cc(cc(NC)c1)CN(C)C2. The van der Waals surface area contributed by atoms with Crippen LogP contribution in [0.1, 0.15) is 53.6 Å². The molecule has 4 rings (SSSR count). The molecular weight excluding hydrogens is 524 g/mol. The van der Waals surface area contributed by atoms with Gasteiger partial charge in [-0.2, -0.15) is 0 Å². The average Bonchev–Trinajstić information content (AvgIpc) is 2.95. The molecular formula is C34H46N6O2. The molecule has 0 aliphatic carbocycles. The van der Waals surface area contributed by atoms with Crippen molar-refractivity contribution < 1.29 is 9.59 Å². The van der Waals surface area contributed by atoms with E-state index in [1.165, 1.54) is 11.1 Å². The maximum atomic E-state index is 13.6. The van der Waals surface area contributed by atoms with E-state index in [9.17, 15) is 9.59 Å². The molecule has 0 saturated carbocycles. The van der Waals surface area contributed by atoms with Crippen molar-refractivity contribution >= 4 is 29.4 Å². The molecule has 0 spiro atoms. The monoisotopic (exact) mass is 570 g/mol. The Balaban J connectivity index is 1.81. The minimum absolute atomic E-state index is 0.137. The molecule has 224 valence electrons. The van der Waals surface area contributed by atoms with Gasteiger partial charge in [0.25, 0.3) is 0 Å². The number of benzene rings is 3. The van der Waals surface area contributed by atoms with Crippen LogP contribution in [0.5, 0.6) is 0 Å². The maximum Gasteiger partial charge on any atom is 0.223 e. The standard InChI is InChI=1S/C34H46N6O2/c1-24(2)7-34(42)40-21-29-9-26(12-32(15-29)36-4)18-38(6)17-25-8-27(13-31(11-25)35-3)19-39(23-41)20-28-10-30(22-40)16-33(14-28)37-5/h8-16,23-24,35-37H,7,17-22H2,1-6H3. The van der Waals surface area contributed by atoms with E-state index in [2.05, 4.69) is 96.3 Å². The first-order valence-corrected chi connectivity index (χ1v) is 14.8. The fourth-order valence-electron chi connectivity index (χ4n) is 5.70. The Morgan fingerprint density at radius 2 is 1.02 bits per heavy atom. The second kappa shape index (κ2) is 14.2. The van der Waals surface area contributed by atoms with Crippen LogP contribution in [-0.2, 0) is 48.9 Å². The zero-order chi connectivity index (χ0) is 30.2. The number of carbonyl (C=O) groups excluding carboxylic acids is 2. The van der Waals surface area contributed by atoms with Crippen LogP contribution in [0, 0.1) is 5.92 Å². The van der Waals surface area contributed by atoms with Gasteiger partial charge in [0.15, 0.2) is 0 Å². The number of hydrogen-bond donors (Lipinski definition) is 3. The maximum absolute atomic E-state index is 13.6. The lowest BCUT2D eigenvalue weighted by Gasteiger charge is -2.26. The van der Waals surface area contributed by atoms with Gasteiger partial charge < -0.3 is 25.8 Å². The Kier molecular flexibility index (Phi) is 10.5. The summed E-state index contributed by atoms with van der Waals surface area (Å²) in [6.07, 6.45) is 1.41. The van der Waals surface area contributed by atoms with Crippen LogP contribution in [0.4, 0.5) is 17.1 Å². The number of amides is 2. The van der Waals surface area contributed by atoms with Crippen LogP contribution in [0.3, 0.4) is 0 Å². The molecule has 3 N–H and O–H groups in total. The van der Waals surface area contributed by atoms with Crippen molar-refractivity contribution in [2.45, 2.75) is 59.5 Å². The van der Waals surface area contributed by atoms with Crippen molar-refractivity contribution in [2.24, 2.45) is 5.92 Å². The average molecular weight is 571 g/mol. The van der Waals surface area contributed by atoms with Gasteiger partial charge in [-0.15, -0.1) is 0 Å². The molecule has 0 radical (unpaired) electrons. The molecule has 1 aliphatic rings. The van der Waals surface area contributed by atoms with E-state index in [1.807, 2.05) is 26.0 Å².